The first kappa shape index (κ1) is 12.3. The van der Waals surface area contributed by atoms with Crippen LogP contribution in [-0.4, -0.2) is 16.6 Å². The van der Waals surface area contributed by atoms with Gasteiger partial charge in [-0.3, -0.25) is 0 Å². The fourth-order valence-electron chi connectivity index (χ4n) is 1.33. The summed E-state index contributed by atoms with van der Waals surface area (Å²) in [6, 6.07) is 7.31. The summed E-state index contributed by atoms with van der Waals surface area (Å²) in [7, 11) is 0. The standard InChI is InChI=1S/C12H14N2OS2/c1-2-13-12-14-7-11(17-12)8-16-10-5-3-4-9(15)6-10/h3-7,15H,2,8H2,1H3,(H,13,14). The van der Waals surface area contributed by atoms with Crippen molar-refractivity contribution in [3.8, 4) is 5.75 Å². The molecule has 2 aromatic rings. The Hall–Kier alpha value is -1.20. The van der Waals surface area contributed by atoms with Gasteiger partial charge in [-0.1, -0.05) is 6.07 Å². The summed E-state index contributed by atoms with van der Waals surface area (Å²) >= 11 is 3.38. The van der Waals surface area contributed by atoms with Gasteiger partial charge in [0.05, 0.1) is 0 Å². The highest BCUT2D eigenvalue weighted by atomic mass is 32.2. The number of hydrogen-bond donors (Lipinski definition) is 2. The summed E-state index contributed by atoms with van der Waals surface area (Å²) in [4.78, 5) is 6.58. The average Bonchev–Trinajstić information content (AvgIpc) is 2.75. The molecule has 90 valence electrons. The molecule has 0 fully saturated rings. The summed E-state index contributed by atoms with van der Waals surface area (Å²) in [6.07, 6.45) is 1.90. The van der Waals surface area contributed by atoms with Crippen molar-refractivity contribution in [2.75, 3.05) is 11.9 Å². The molecule has 2 rings (SSSR count). The van der Waals surface area contributed by atoms with Crippen LogP contribution in [0.2, 0.25) is 0 Å². The molecule has 1 aromatic carbocycles. The van der Waals surface area contributed by atoms with E-state index in [0.717, 1.165) is 22.3 Å². The van der Waals surface area contributed by atoms with Gasteiger partial charge >= 0.3 is 0 Å². The maximum atomic E-state index is 9.35. The van der Waals surface area contributed by atoms with Crippen molar-refractivity contribution in [1.29, 1.82) is 0 Å². The SMILES string of the molecule is CCNc1ncc(CSc2cccc(O)c2)s1. The molecule has 0 aliphatic heterocycles. The first-order valence-electron chi connectivity index (χ1n) is 5.38. The molecule has 0 aliphatic rings. The number of rotatable bonds is 5. The van der Waals surface area contributed by atoms with Crippen LogP contribution in [-0.2, 0) is 5.75 Å². The van der Waals surface area contributed by atoms with Gasteiger partial charge < -0.3 is 10.4 Å². The molecule has 0 spiro atoms. The monoisotopic (exact) mass is 266 g/mol. The lowest BCUT2D eigenvalue weighted by molar-refractivity contribution is 0.474. The van der Waals surface area contributed by atoms with Gasteiger partial charge in [0.25, 0.3) is 0 Å². The Balaban J connectivity index is 1.93. The lowest BCUT2D eigenvalue weighted by Crippen LogP contribution is -1.94. The first-order chi connectivity index (χ1) is 8.28. The number of thiazole rings is 1. The van der Waals surface area contributed by atoms with E-state index in [-0.39, 0.29) is 0 Å². The van der Waals surface area contributed by atoms with E-state index in [4.69, 9.17) is 0 Å². The molecular formula is C12H14N2OS2. The Bertz CT molecular complexity index is 485. The molecule has 0 radical (unpaired) electrons. The second kappa shape index (κ2) is 5.93. The fourth-order valence-corrected chi connectivity index (χ4v) is 3.19. The Morgan fingerprint density at radius 1 is 1.47 bits per heavy atom. The Morgan fingerprint density at radius 2 is 2.35 bits per heavy atom. The highest BCUT2D eigenvalue weighted by Crippen LogP contribution is 2.28. The first-order valence-corrected chi connectivity index (χ1v) is 7.18. The smallest absolute Gasteiger partial charge is 0.182 e. The van der Waals surface area contributed by atoms with Gasteiger partial charge in [0.15, 0.2) is 5.13 Å². The van der Waals surface area contributed by atoms with E-state index in [0.29, 0.717) is 5.75 Å². The summed E-state index contributed by atoms with van der Waals surface area (Å²) in [5.41, 5.74) is 0. The number of nitrogens with zero attached hydrogens (tertiary/aromatic N) is 1. The number of aromatic hydroxyl groups is 1. The van der Waals surface area contributed by atoms with E-state index in [9.17, 15) is 5.11 Å². The predicted octanol–water partition coefficient (Wildman–Crippen LogP) is 3.57. The summed E-state index contributed by atoms with van der Waals surface area (Å²) in [6.45, 7) is 2.95. The molecule has 1 heterocycles. The van der Waals surface area contributed by atoms with Crippen LogP contribution in [0.3, 0.4) is 0 Å². The van der Waals surface area contributed by atoms with E-state index >= 15 is 0 Å². The van der Waals surface area contributed by atoms with Gasteiger partial charge in [0.2, 0.25) is 0 Å². The number of anilines is 1. The third kappa shape index (κ3) is 3.64. The van der Waals surface area contributed by atoms with Gasteiger partial charge in [0, 0.05) is 28.3 Å². The second-order valence-electron chi connectivity index (χ2n) is 3.45. The molecule has 3 nitrogen and oxygen atoms in total. The lowest BCUT2D eigenvalue weighted by Gasteiger charge is -1.99. The minimum Gasteiger partial charge on any atom is -0.508 e. The van der Waals surface area contributed by atoms with Crippen LogP contribution in [0.1, 0.15) is 11.8 Å². The van der Waals surface area contributed by atoms with Gasteiger partial charge in [-0.2, -0.15) is 0 Å². The van der Waals surface area contributed by atoms with Crippen molar-refractivity contribution in [2.24, 2.45) is 0 Å². The molecule has 0 atom stereocenters. The van der Waals surface area contributed by atoms with Crippen LogP contribution in [0.5, 0.6) is 5.75 Å². The summed E-state index contributed by atoms with van der Waals surface area (Å²) in [5, 5.41) is 13.5. The number of benzene rings is 1. The van der Waals surface area contributed by atoms with Crippen LogP contribution < -0.4 is 5.32 Å². The topological polar surface area (TPSA) is 45.2 Å². The molecule has 0 saturated carbocycles. The van der Waals surface area contributed by atoms with Crippen LogP contribution in [0, 0.1) is 0 Å². The van der Waals surface area contributed by atoms with Crippen LogP contribution in [0.15, 0.2) is 35.4 Å². The number of nitrogens with one attached hydrogen (secondary N) is 1. The fraction of sp³-hybridized carbons (Fsp3) is 0.250. The number of thioether (sulfide) groups is 1. The molecule has 0 saturated heterocycles. The average molecular weight is 266 g/mol. The van der Waals surface area contributed by atoms with Gasteiger partial charge in [-0.15, -0.1) is 23.1 Å². The molecule has 0 unspecified atom stereocenters. The van der Waals surface area contributed by atoms with E-state index < -0.39 is 0 Å². The molecule has 5 heteroatoms. The number of aromatic nitrogens is 1. The predicted molar refractivity (Wildman–Crippen MR) is 73.9 cm³/mol. The van der Waals surface area contributed by atoms with Gasteiger partial charge in [0.1, 0.15) is 5.75 Å². The third-order valence-corrected chi connectivity index (χ3v) is 4.26. The summed E-state index contributed by atoms with van der Waals surface area (Å²) < 4.78 is 0. The highest BCUT2D eigenvalue weighted by Gasteiger charge is 2.02. The zero-order valence-electron chi connectivity index (χ0n) is 9.51. The van der Waals surface area contributed by atoms with Crippen molar-refractivity contribution in [2.45, 2.75) is 17.6 Å². The zero-order chi connectivity index (χ0) is 12.1. The maximum Gasteiger partial charge on any atom is 0.182 e. The quantitative estimate of drug-likeness (QED) is 0.812. The minimum absolute atomic E-state index is 0.313. The number of hydrogen-bond acceptors (Lipinski definition) is 5. The molecule has 2 N–H and O–H groups in total. The van der Waals surface area contributed by atoms with Crippen molar-refractivity contribution < 1.29 is 5.11 Å². The van der Waals surface area contributed by atoms with E-state index in [1.807, 2.05) is 18.3 Å². The zero-order valence-corrected chi connectivity index (χ0v) is 11.1. The third-order valence-electron chi connectivity index (χ3n) is 2.08. The lowest BCUT2D eigenvalue weighted by atomic mass is 10.3. The van der Waals surface area contributed by atoms with Crippen LogP contribution >= 0.6 is 23.1 Å². The van der Waals surface area contributed by atoms with Crippen molar-refractivity contribution in [3.05, 3.63) is 35.3 Å². The Morgan fingerprint density at radius 3 is 3.12 bits per heavy atom. The van der Waals surface area contributed by atoms with Crippen molar-refractivity contribution >= 4 is 28.2 Å². The highest BCUT2D eigenvalue weighted by molar-refractivity contribution is 7.98. The molecule has 0 aliphatic carbocycles. The maximum absolute atomic E-state index is 9.35. The number of phenolic OH excluding ortho intramolecular Hbond substituents is 1. The van der Waals surface area contributed by atoms with Crippen LogP contribution in [0.4, 0.5) is 5.13 Å². The Kier molecular flexibility index (Phi) is 4.28. The van der Waals surface area contributed by atoms with Crippen molar-refractivity contribution in [3.63, 3.8) is 0 Å². The van der Waals surface area contributed by atoms with Crippen molar-refractivity contribution in [1.82, 2.24) is 4.98 Å². The van der Waals surface area contributed by atoms with E-state index in [1.165, 1.54) is 4.88 Å². The van der Waals surface area contributed by atoms with Crippen LogP contribution in [0.25, 0.3) is 0 Å². The molecule has 17 heavy (non-hydrogen) atoms. The molecule has 0 amide bonds. The minimum atomic E-state index is 0.313. The largest absolute Gasteiger partial charge is 0.508 e. The van der Waals surface area contributed by atoms with Gasteiger partial charge in [-0.25, -0.2) is 4.98 Å². The molecule has 0 bridgehead atoms. The normalized spacial score (nSPS) is 10.4. The molecule has 1 aromatic heterocycles. The Labute approximate surface area is 109 Å². The van der Waals surface area contributed by atoms with E-state index in [1.54, 1.807) is 35.2 Å². The summed E-state index contributed by atoms with van der Waals surface area (Å²) in [5.74, 6) is 1.19. The molecular weight excluding hydrogens is 252 g/mol. The second-order valence-corrected chi connectivity index (χ2v) is 5.61. The van der Waals surface area contributed by atoms with E-state index in [2.05, 4.69) is 17.2 Å². The van der Waals surface area contributed by atoms with Gasteiger partial charge in [-0.05, 0) is 25.1 Å². The number of phenols is 1.